The molecule has 1 aliphatic rings. The van der Waals surface area contributed by atoms with Gasteiger partial charge >= 0.3 is 11.9 Å². The van der Waals surface area contributed by atoms with E-state index < -0.39 is 11.9 Å². The van der Waals surface area contributed by atoms with Crippen LogP contribution in [0.3, 0.4) is 0 Å². The smallest absolute Gasteiger partial charge is 0.348 e. The van der Waals surface area contributed by atoms with E-state index in [-0.39, 0.29) is 11.0 Å². The van der Waals surface area contributed by atoms with Crippen LogP contribution in [0.1, 0.15) is 47.2 Å². The molecular formula is C11H11NO3. The van der Waals surface area contributed by atoms with E-state index in [1.165, 1.54) is 6.20 Å². The van der Waals surface area contributed by atoms with Gasteiger partial charge in [-0.15, -0.1) is 0 Å². The molecule has 0 spiro atoms. The minimum absolute atomic E-state index is 0.152. The highest BCUT2D eigenvalue weighted by atomic mass is 16.6. The van der Waals surface area contributed by atoms with Gasteiger partial charge in [0.2, 0.25) is 0 Å². The fraction of sp³-hybridized carbons (Fsp3) is 0.364. The number of cyclic esters (lactones) is 2. The van der Waals surface area contributed by atoms with Crippen molar-refractivity contribution < 1.29 is 14.3 Å². The lowest BCUT2D eigenvalue weighted by molar-refractivity contribution is 0.0443. The van der Waals surface area contributed by atoms with Crippen LogP contribution in [0.15, 0.2) is 12.3 Å². The molecule has 1 aromatic heterocycles. The van der Waals surface area contributed by atoms with Crippen LogP contribution in [-0.2, 0) is 10.2 Å². The van der Waals surface area contributed by atoms with Gasteiger partial charge in [0.05, 0.1) is 11.1 Å². The van der Waals surface area contributed by atoms with Crippen molar-refractivity contribution in [3.05, 3.63) is 29.1 Å². The molecule has 0 aliphatic carbocycles. The maximum absolute atomic E-state index is 11.3. The summed E-state index contributed by atoms with van der Waals surface area (Å²) in [6, 6.07) is 1.63. The molecule has 4 heteroatoms. The van der Waals surface area contributed by atoms with Gasteiger partial charge in [0.1, 0.15) is 0 Å². The molecule has 4 nitrogen and oxygen atoms in total. The van der Waals surface area contributed by atoms with Gasteiger partial charge in [-0.05, 0) is 6.07 Å². The summed E-state index contributed by atoms with van der Waals surface area (Å²) >= 11 is 0. The van der Waals surface area contributed by atoms with Crippen molar-refractivity contribution in [2.45, 2.75) is 26.2 Å². The molecule has 15 heavy (non-hydrogen) atoms. The minimum Gasteiger partial charge on any atom is -0.386 e. The van der Waals surface area contributed by atoms with Crippen LogP contribution >= 0.6 is 0 Å². The number of nitrogens with zero attached hydrogens (tertiary/aromatic N) is 1. The predicted molar refractivity (Wildman–Crippen MR) is 52.7 cm³/mol. The highest BCUT2D eigenvalue weighted by Gasteiger charge is 2.31. The number of carbonyl (C=O) groups is 2. The topological polar surface area (TPSA) is 56.3 Å². The number of esters is 2. The summed E-state index contributed by atoms with van der Waals surface area (Å²) in [4.78, 5) is 26.6. The summed E-state index contributed by atoms with van der Waals surface area (Å²) in [5, 5.41) is 0. The van der Waals surface area contributed by atoms with Crippen LogP contribution in [0.4, 0.5) is 0 Å². The molecule has 0 N–H and O–H groups in total. The molecule has 0 unspecified atom stereocenters. The van der Waals surface area contributed by atoms with E-state index in [1.54, 1.807) is 6.07 Å². The molecule has 2 heterocycles. The Bertz CT molecular complexity index is 457. The van der Waals surface area contributed by atoms with Crippen LogP contribution in [0.25, 0.3) is 0 Å². The minimum atomic E-state index is -0.608. The number of carbonyl (C=O) groups excluding carboxylic acids is 2. The molecule has 0 amide bonds. The van der Waals surface area contributed by atoms with E-state index in [0.29, 0.717) is 5.56 Å². The Morgan fingerprint density at radius 3 is 2.33 bits per heavy atom. The number of aromatic nitrogens is 1. The zero-order valence-corrected chi connectivity index (χ0v) is 8.83. The number of hydrogen-bond acceptors (Lipinski definition) is 4. The third kappa shape index (κ3) is 1.52. The van der Waals surface area contributed by atoms with Gasteiger partial charge in [0, 0.05) is 17.3 Å². The maximum Gasteiger partial charge on any atom is 0.348 e. The quantitative estimate of drug-likeness (QED) is 0.477. The molecule has 78 valence electrons. The molecule has 0 radical (unpaired) electrons. The maximum atomic E-state index is 11.3. The molecule has 2 rings (SSSR count). The molecular weight excluding hydrogens is 194 g/mol. The Morgan fingerprint density at radius 2 is 1.73 bits per heavy atom. The monoisotopic (exact) mass is 205 g/mol. The molecule has 0 atom stereocenters. The zero-order chi connectivity index (χ0) is 11.2. The average molecular weight is 205 g/mol. The predicted octanol–water partition coefficient (Wildman–Crippen LogP) is 1.69. The number of fused-ring (bicyclic) bond motifs is 1. The van der Waals surface area contributed by atoms with Crippen molar-refractivity contribution in [3.63, 3.8) is 0 Å². The average Bonchev–Trinajstić information content (AvgIpc) is 2.41. The van der Waals surface area contributed by atoms with Crippen molar-refractivity contribution in [1.82, 2.24) is 4.98 Å². The Balaban J connectivity index is 2.57. The Hall–Kier alpha value is -1.71. The van der Waals surface area contributed by atoms with Gasteiger partial charge in [-0.1, -0.05) is 20.8 Å². The standard InChI is InChI=1S/C11H11NO3/c1-11(2,3)8-4-6-7(5-12-8)10(14)15-9(6)13/h4-5H,1-3H3. The summed E-state index contributed by atoms with van der Waals surface area (Å²) in [7, 11) is 0. The first kappa shape index (κ1) is 9.83. The lowest BCUT2D eigenvalue weighted by Crippen LogP contribution is -2.14. The van der Waals surface area contributed by atoms with Crippen LogP contribution in [0.5, 0.6) is 0 Å². The van der Waals surface area contributed by atoms with Gasteiger partial charge in [0.15, 0.2) is 0 Å². The first-order valence-corrected chi connectivity index (χ1v) is 4.66. The first-order chi connectivity index (χ1) is 6.89. The highest BCUT2D eigenvalue weighted by Crippen LogP contribution is 2.25. The van der Waals surface area contributed by atoms with E-state index in [4.69, 9.17) is 0 Å². The summed E-state index contributed by atoms with van der Waals surface area (Å²) in [6.07, 6.45) is 1.41. The summed E-state index contributed by atoms with van der Waals surface area (Å²) in [5.41, 5.74) is 1.20. The van der Waals surface area contributed by atoms with Crippen LogP contribution in [0, 0.1) is 0 Å². The molecule has 1 aliphatic heterocycles. The van der Waals surface area contributed by atoms with E-state index >= 15 is 0 Å². The van der Waals surface area contributed by atoms with Crippen LogP contribution in [0.2, 0.25) is 0 Å². The normalized spacial score (nSPS) is 15.1. The lowest BCUT2D eigenvalue weighted by Gasteiger charge is -2.17. The molecule has 0 saturated heterocycles. The number of pyridine rings is 1. The van der Waals surface area contributed by atoms with Gasteiger partial charge in [-0.25, -0.2) is 9.59 Å². The van der Waals surface area contributed by atoms with E-state index in [0.717, 1.165) is 5.69 Å². The number of rotatable bonds is 0. The zero-order valence-electron chi connectivity index (χ0n) is 8.83. The van der Waals surface area contributed by atoms with E-state index in [1.807, 2.05) is 20.8 Å². The molecule has 0 saturated carbocycles. The third-order valence-electron chi connectivity index (χ3n) is 2.30. The van der Waals surface area contributed by atoms with Crippen molar-refractivity contribution in [2.24, 2.45) is 0 Å². The second-order valence-corrected chi connectivity index (χ2v) is 4.54. The second kappa shape index (κ2) is 2.89. The highest BCUT2D eigenvalue weighted by molar-refractivity contribution is 6.14. The molecule has 0 aromatic carbocycles. The van der Waals surface area contributed by atoms with Crippen LogP contribution < -0.4 is 0 Å². The van der Waals surface area contributed by atoms with Gasteiger partial charge in [-0.3, -0.25) is 4.98 Å². The second-order valence-electron chi connectivity index (χ2n) is 4.54. The van der Waals surface area contributed by atoms with Crippen LogP contribution in [-0.4, -0.2) is 16.9 Å². The molecule has 1 aromatic rings. The van der Waals surface area contributed by atoms with E-state index in [2.05, 4.69) is 9.72 Å². The van der Waals surface area contributed by atoms with Crippen molar-refractivity contribution in [1.29, 1.82) is 0 Å². The third-order valence-corrected chi connectivity index (χ3v) is 2.30. The van der Waals surface area contributed by atoms with Crippen molar-refractivity contribution in [2.75, 3.05) is 0 Å². The Morgan fingerprint density at radius 1 is 1.13 bits per heavy atom. The van der Waals surface area contributed by atoms with Crippen molar-refractivity contribution in [3.8, 4) is 0 Å². The Labute approximate surface area is 87.3 Å². The number of hydrogen-bond donors (Lipinski definition) is 0. The fourth-order valence-corrected chi connectivity index (χ4v) is 1.39. The molecule has 0 bridgehead atoms. The lowest BCUT2D eigenvalue weighted by atomic mass is 9.90. The van der Waals surface area contributed by atoms with Gasteiger partial charge in [-0.2, -0.15) is 0 Å². The van der Waals surface area contributed by atoms with Crippen molar-refractivity contribution >= 4 is 11.9 Å². The summed E-state index contributed by atoms with van der Waals surface area (Å²) in [5.74, 6) is -1.19. The molecule has 0 fully saturated rings. The number of ether oxygens (including phenoxy) is 1. The SMILES string of the molecule is CC(C)(C)c1cc2c(cn1)C(=O)OC2=O. The summed E-state index contributed by atoms with van der Waals surface area (Å²) in [6.45, 7) is 5.97. The first-order valence-electron chi connectivity index (χ1n) is 4.66. The van der Waals surface area contributed by atoms with Gasteiger partial charge < -0.3 is 4.74 Å². The largest absolute Gasteiger partial charge is 0.386 e. The summed E-state index contributed by atoms with van der Waals surface area (Å²) < 4.78 is 4.48. The van der Waals surface area contributed by atoms with Gasteiger partial charge in [0.25, 0.3) is 0 Å². The van der Waals surface area contributed by atoms with E-state index in [9.17, 15) is 9.59 Å². The fourth-order valence-electron chi connectivity index (χ4n) is 1.39. The Kier molecular flexibility index (Phi) is 1.89.